The molecular formula is C6H11N3O2S. The predicted octanol–water partition coefficient (Wildman–Crippen LogP) is -0.749. The molecule has 6 heteroatoms. The van der Waals surface area contributed by atoms with Gasteiger partial charge in [0.2, 0.25) is 10.0 Å². The fourth-order valence-corrected chi connectivity index (χ4v) is 1.34. The first-order valence-corrected chi connectivity index (χ1v) is 5.17. The van der Waals surface area contributed by atoms with Crippen LogP contribution in [-0.4, -0.2) is 23.7 Å². The molecule has 1 rings (SSSR count). The highest BCUT2D eigenvalue weighted by Crippen LogP contribution is 1.96. The Morgan fingerprint density at radius 2 is 2.33 bits per heavy atom. The van der Waals surface area contributed by atoms with Crippen molar-refractivity contribution in [3.63, 3.8) is 0 Å². The Kier molecular flexibility index (Phi) is 2.49. The molecule has 0 aliphatic carbocycles. The number of nitrogens with zero attached hydrogens (tertiary/aromatic N) is 2. The Labute approximate surface area is 71.3 Å². The lowest BCUT2D eigenvalue weighted by Crippen LogP contribution is -2.19. The highest BCUT2D eigenvalue weighted by Gasteiger charge is 2.05. The monoisotopic (exact) mass is 189 g/mol. The van der Waals surface area contributed by atoms with Crippen LogP contribution in [0.5, 0.6) is 0 Å². The Bertz CT molecular complexity index is 355. The van der Waals surface area contributed by atoms with Gasteiger partial charge in [-0.2, -0.15) is 0 Å². The van der Waals surface area contributed by atoms with Crippen molar-refractivity contribution in [2.24, 2.45) is 12.2 Å². The summed E-state index contributed by atoms with van der Waals surface area (Å²) in [5.74, 6) is 0.668. The van der Waals surface area contributed by atoms with Crippen molar-refractivity contribution in [2.45, 2.75) is 6.42 Å². The van der Waals surface area contributed by atoms with Crippen molar-refractivity contribution in [1.29, 1.82) is 0 Å². The minimum atomic E-state index is -3.37. The van der Waals surface area contributed by atoms with Crippen LogP contribution >= 0.6 is 0 Å². The third kappa shape index (κ3) is 2.63. The maximum Gasteiger partial charge on any atom is 0.209 e. The number of aromatic nitrogens is 2. The summed E-state index contributed by atoms with van der Waals surface area (Å²) in [5.41, 5.74) is 0. The van der Waals surface area contributed by atoms with E-state index in [1.807, 2.05) is 7.05 Å². The Balaban J connectivity index is 2.61. The number of hydrogen-bond acceptors (Lipinski definition) is 3. The zero-order valence-corrected chi connectivity index (χ0v) is 7.58. The topological polar surface area (TPSA) is 78.0 Å². The molecular weight excluding hydrogens is 178 g/mol. The first-order valence-electron chi connectivity index (χ1n) is 3.46. The Morgan fingerprint density at radius 3 is 2.75 bits per heavy atom. The van der Waals surface area contributed by atoms with Gasteiger partial charge < -0.3 is 4.57 Å². The van der Waals surface area contributed by atoms with Crippen molar-refractivity contribution in [1.82, 2.24) is 9.55 Å². The molecule has 0 unspecified atom stereocenters. The van der Waals surface area contributed by atoms with Crippen LogP contribution in [0, 0.1) is 0 Å². The molecule has 2 N–H and O–H groups in total. The number of rotatable bonds is 3. The molecule has 5 nitrogen and oxygen atoms in total. The van der Waals surface area contributed by atoms with E-state index in [2.05, 4.69) is 4.98 Å². The highest BCUT2D eigenvalue weighted by atomic mass is 32.2. The van der Waals surface area contributed by atoms with E-state index >= 15 is 0 Å². The summed E-state index contributed by atoms with van der Waals surface area (Å²) >= 11 is 0. The van der Waals surface area contributed by atoms with Gasteiger partial charge in [0, 0.05) is 25.9 Å². The number of sulfonamides is 1. The van der Waals surface area contributed by atoms with Gasteiger partial charge >= 0.3 is 0 Å². The first-order chi connectivity index (χ1) is 5.49. The largest absolute Gasteiger partial charge is 0.338 e. The van der Waals surface area contributed by atoms with Crippen LogP contribution in [0.25, 0.3) is 0 Å². The van der Waals surface area contributed by atoms with Crippen LogP contribution in [-0.2, 0) is 23.5 Å². The standard InChI is InChI=1S/C6H11N3O2S/c1-9-4-3-8-6(9)2-5-12(7,10)11/h3-4H,2,5H2,1H3,(H2,7,10,11). The smallest absolute Gasteiger partial charge is 0.209 e. The van der Waals surface area contributed by atoms with E-state index in [9.17, 15) is 8.42 Å². The van der Waals surface area contributed by atoms with Crippen molar-refractivity contribution in [3.8, 4) is 0 Å². The average Bonchev–Trinajstić information content (AvgIpc) is 2.29. The minimum Gasteiger partial charge on any atom is -0.338 e. The third-order valence-corrected chi connectivity index (χ3v) is 2.30. The maximum atomic E-state index is 10.6. The van der Waals surface area contributed by atoms with Gasteiger partial charge in [-0.1, -0.05) is 0 Å². The number of primary sulfonamides is 1. The molecule has 1 aromatic heterocycles. The summed E-state index contributed by atoms with van der Waals surface area (Å²) in [6.45, 7) is 0. The molecule has 0 aromatic carbocycles. The summed E-state index contributed by atoms with van der Waals surface area (Å²) in [5, 5.41) is 4.84. The van der Waals surface area contributed by atoms with Crippen LogP contribution in [0.1, 0.15) is 5.82 Å². The average molecular weight is 189 g/mol. The molecule has 1 aromatic rings. The van der Waals surface area contributed by atoms with Gasteiger partial charge in [-0.3, -0.25) is 0 Å². The van der Waals surface area contributed by atoms with Crippen LogP contribution < -0.4 is 5.14 Å². The number of imidazole rings is 1. The molecule has 0 fully saturated rings. The van der Waals surface area contributed by atoms with Gasteiger partial charge in [-0.15, -0.1) is 0 Å². The quantitative estimate of drug-likeness (QED) is 0.679. The Morgan fingerprint density at radius 1 is 1.67 bits per heavy atom. The molecule has 0 saturated heterocycles. The van der Waals surface area contributed by atoms with Gasteiger partial charge in [0.05, 0.1) is 5.75 Å². The molecule has 0 atom stereocenters. The maximum absolute atomic E-state index is 10.6. The number of aryl methyl sites for hydroxylation is 2. The molecule has 0 amide bonds. The summed E-state index contributed by atoms with van der Waals surface area (Å²) in [4.78, 5) is 3.96. The molecule has 0 spiro atoms. The predicted molar refractivity (Wildman–Crippen MR) is 44.9 cm³/mol. The second-order valence-corrected chi connectivity index (χ2v) is 4.31. The van der Waals surface area contributed by atoms with E-state index in [-0.39, 0.29) is 5.75 Å². The molecule has 0 saturated carbocycles. The number of nitrogens with two attached hydrogens (primary N) is 1. The fourth-order valence-electron chi connectivity index (χ4n) is 0.871. The molecule has 1 heterocycles. The van der Waals surface area contributed by atoms with Crippen molar-refractivity contribution < 1.29 is 8.42 Å². The van der Waals surface area contributed by atoms with Crippen molar-refractivity contribution in [2.75, 3.05) is 5.75 Å². The normalized spacial score (nSPS) is 11.8. The lowest BCUT2D eigenvalue weighted by Gasteiger charge is -1.99. The molecule has 0 aliphatic heterocycles. The van der Waals surface area contributed by atoms with E-state index < -0.39 is 10.0 Å². The van der Waals surface area contributed by atoms with Gasteiger partial charge in [0.1, 0.15) is 5.82 Å². The Hall–Kier alpha value is -0.880. The molecule has 0 aliphatic rings. The summed E-state index contributed by atoms with van der Waals surface area (Å²) in [6.07, 6.45) is 3.75. The SMILES string of the molecule is Cn1ccnc1CCS(N)(=O)=O. The highest BCUT2D eigenvalue weighted by molar-refractivity contribution is 7.89. The van der Waals surface area contributed by atoms with E-state index in [1.54, 1.807) is 17.0 Å². The second-order valence-electron chi connectivity index (χ2n) is 2.57. The van der Waals surface area contributed by atoms with E-state index in [1.165, 1.54) is 0 Å². The van der Waals surface area contributed by atoms with Gasteiger partial charge in [-0.25, -0.2) is 18.5 Å². The number of hydrogen-bond donors (Lipinski definition) is 1. The van der Waals surface area contributed by atoms with Gasteiger partial charge in [-0.05, 0) is 0 Å². The van der Waals surface area contributed by atoms with E-state index in [4.69, 9.17) is 5.14 Å². The van der Waals surface area contributed by atoms with Crippen LogP contribution in [0.4, 0.5) is 0 Å². The summed E-state index contributed by atoms with van der Waals surface area (Å²) < 4.78 is 22.9. The summed E-state index contributed by atoms with van der Waals surface area (Å²) in [7, 11) is -1.56. The van der Waals surface area contributed by atoms with Gasteiger partial charge in [0.25, 0.3) is 0 Å². The molecule has 0 bridgehead atoms. The molecule has 12 heavy (non-hydrogen) atoms. The van der Waals surface area contributed by atoms with Crippen LogP contribution in [0.2, 0.25) is 0 Å². The van der Waals surface area contributed by atoms with Crippen LogP contribution in [0.3, 0.4) is 0 Å². The van der Waals surface area contributed by atoms with Crippen molar-refractivity contribution in [3.05, 3.63) is 18.2 Å². The molecule has 0 radical (unpaired) electrons. The second kappa shape index (κ2) is 3.24. The summed E-state index contributed by atoms with van der Waals surface area (Å²) in [6, 6.07) is 0. The lowest BCUT2D eigenvalue weighted by atomic mass is 10.4. The lowest BCUT2D eigenvalue weighted by molar-refractivity contribution is 0.595. The minimum absolute atomic E-state index is 0.0577. The van der Waals surface area contributed by atoms with Crippen LogP contribution in [0.15, 0.2) is 12.4 Å². The molecule has 68 valence electrons. The van der Waals surface area contributed by atoms with E-state index in [0.717, 1.165) is 5.82 Å². The zero-order chi connectivity index (χ0) is 9.19. The third-order valence-electron chi connectivity index (χ3n) is 1.53. The zero-order valence-electron chi connectivity index (χ0n) is 6.77. The fraction of sp³-hybridized carbons (Fsp3) is 0.500. The van der Waals surface area contributed by atoms with Crippen molar-refractivity contribution >= 4 is 10.0 Å². The van der Waals surface area contributed by atoms with Gasteiger partial charge in [0.15, 0.2) is 0 Å². The first kappa shape index (κ1) is 9.21. The van der Waals surface area contributed by atoms with E-state index in [0.29, 0.717) is 6.42 Å².